The van der Waals surface area contributed by atoms with Gasteiger partial charge in [0.05, 0.1) is 34.4 Å². The Morgan fingerprint density at radius 3 is 0.835 bits per heavy atom. The summed E-state index contributed by atoms with van der Waals surface area (Å²) in [6, 6.07) is 0. The predicted octanol–water partition coefficient (Wildman–Crippen LogP) is 28.6. The van der Waals surface area contributed by atoms with Gasteiger partial charge in [0, 0.05) is 12.8 Å². The fourth-order valence-electron chi connectivity index (χ4n) is 12.6. The molecule has 0 saturated carbocycles. The van der Waals surface area contributed by atoms with E-state index in [4.69, 9.17) is 18.9 Å². The van der Waals surface area contributed by atoms with Crippen molar-refractivity contribution in [2.75, 3.05) is 47.5 Å². The third kappa shape index (κ3) is 84.8. The molecule has 0 aliphatic carbocycles. The SMILES string of the molecule is CC/C=C\C/C=C\C/C=C\C/C=C\C/C=C\C/C=C\C/C=C\C/C=C\C/C=C\CCCCCCCCCCCCCCCC(=O)OC(COC(=O)CCCCCCCCCCCCCCCCCCCCCCCCCCC/C=C\CCCCCCCCCC)COC(OCC[N+](C)(C)C)C(=O)O. The van der Waals surface area contributed by atoms with Gasteiger partial charge >= 0.3 is 17.9 Å². The molecule has 103 heavy (non-hydrogen) atoms. The maximum Gasteiger partial charge on any atom is 0.361 e. The fourth-order valence-corrected chi connectivity index (χ4v) is 12.6. The van der Waals surface area contributed by atoms with Gasteiger partial charge in [0.25, 0.3) is 6.29 Å². The minimum atomic E-state index is -1.52. The highest BCUT2D eigenvalue weighted by Gasteiger charge is 2.25. The molecule has 0 fully saturated rings. The van der Waals surface area contributed by atoms with E-state index in [1.165, 1.54) is 270 Å². The minimum Gasteiger partial charge on any atom is -0.477 e. The van der Waals surface area contributed by atoms with Crippen molar-refractivity contribution in [3.63, 3.8) is 0 Å². The van der Waals surface area contributed by atoms with Gasteiger partial charge in [-0.1, -0.05) is 399 Å². The first-order valence-electron chi connectivity index (χ1n) is 43.7. The molecule has 0 radical (unpaired) electrons. The second-order valence-corrected chi connectivity index (χ2v) is 30.5. The number of nitrogens with zero attached hydrogens (tertiary/aromatic N) is 1. The average Bonchev–Trinajstić information content (AvgIpc) is 1.01. The second-order valence-electron chi connectivity index (χ2n) is 30.5. The number of ether oxygens (including phenoxy) is 4. The Labute approximate surface area is 637 Å². The molecule has 0 aromatic carbocycles. The number of aliphatic carboxylic acids is 1. The standard InChI is InChI=1S/C94H165NO8/c1-6-8-10-12-14-16-18-20-22-24-26-28-30-32-34-36-38-40-42-44-45-46-47-49-51-53-55-57-59-61-63-65-67-69-71-73-75-77-79-81-83-85-92(97)103-90(89-102-94(93(98)99)100-87-86-95(3,4)5)88-101-91(96)84-82-80-78-76-74-72-70-68-66-64-62-60-58-56-54-52-50-48-43-41-39-37-35-33-31-29-27-25-23-21-19-17-15-13-11-9-7-2/h8,10,14,16,20,22,25-28,32,34,38,40,44-45,47,49,53,55,90,94H,6-7,9,11-13,15,17-19,21,23-24,29-31,33,35-37,39,41-43,46,48,50-52,54,56-89H2,1-5H3/p+1/b10-8-,16-14-,22-20-,27-25-,28-26-,34-32-,40-38-,45-44-,49-47-,55-53-. The molecule has 0 aliphatic rings. The first-order chi connectivity index (χ1) is 50.6. The number of allylic oxidation sites excluding steroid dienone is 20. The minimum absolute atomic E-state index is 0.183. The van der Waals surface area contributed by atoms with E-state index >= 15 is 0 Å². The van der Waals surface area contributed by atoms with Crippen LogP contribution in [0.15, 0.2) is 122 Å². The van der Waals surface area contributed by atoms with Crippen LogP contribution >= 0.6 is 0 Å². The lowest BCUT2D eigenvalue weighted by Gasteiger charge is -2.25. The van der Waals surface area contributed by atoms with E-state index in [1.807, 2.05) is 21.1 Å². The van der Waals surface area contributed by atoms with Gasteiger partial charge in [-0.05, 0) is 109 Å². The Balaban J connectivity index is 3.99. The van der Waals surface area contributed by atoms with Gasteiger partial charge in [-0.25, -0.2) is 4.79 Å². The molecule has 9 nitrogen and oxygen atoms in total. The molecular weight excluding hydrogens is 1270 g/mol. The normalized spacial score (nSPS) is 13.2. The van der Waals surface area contributed by atoms with Crippen LogP contribution in [-0.4, -0.2) is 87.4 Å². The van der Waals surface area contributed by atoms with Crippen LogP contribution in [0.3, 0.4) is 0 Å². The van der Waals surface area contributed by atoms with Gasteiger partial charge in [0.15, 0.2) is 6.10 Å². The summed E-state index contributed by atoms with van der Waals surface area (Å²) in [5, 5.41) is 9.79. The molecule has 0 aromatic heterocycles. The number of quaternary nitrogens is 1. The molecule has 0 saturated heterocycles. The summed E-state index contributed by atoms with van der Waals surface area (Å²) in [6.07, 6.45) is 117. The van der Waals surface area contributed by atoms with Crippen LogP contribution in [0, 0.1) is 0 Å². The van der Waals surface area contributed by atoms with Crippen molar-refractivity contribution in [3.8, 4) is 0 Å². The van der Waals surface area contributed by atoms with Crippen molar-refractivity contribution in [1.29, 1.82) is 0 Å². The number of hydrogen-bond acceptors (Lipinski definition) is 7. The zero-order chi connectivity index (χ0) is 74.6. The van der Waals surface area contributed by atoms with Gasteiger partial charge in [-0.3, -0.25) is 9.59 Å². The smallest absolute Gasteiger partial charge is 0.361 e. The summed E-state index contributed by atoms with van der Waals surface area (Å²) in [6.45, 7) is 4.81. The van der Waals surface area contributed by atoms with E-state index in [0.29, 0.717) is 17.4 Å². The Morgan fingerprint density at radius 2 is 0.553 bits per heavy atom. The molecular formula is C94H166NO8+. The van der Waals surface area contributed by atoms with Crippen molar-refractivity contribution in [2.45, 2.75) is 411 Å². The Hall–Kier alpha value is -4.31. The summed E-state index contributed by atoms with van der Waals surface area (Å²) >= 11 is 0. The monoisotopic (exact) mass is 1440 g/mol. The van der Waals surface area contributed by atoms with Gasteiger partial charge in [0.2, 0.25) is 0 Å². The number of carboxylic acid groups (broad SMARTS) is 1. The quantitative estimate of drug-likeness (QED) is 0.0211. The van der Waals surface area contributed by atoms with Crippen LogP contribution in [0.25, 0.3) is 0 Å². The van der Waals surface area contributed by atoms with E-state index in [0.717, 1.165) is 103 Å². The predicted molar refractivity (Wildman–Crippen MR) is 447 cm³/mol. The molecule has 0 aliphatic heterocycles. The molecule has 2 unspecified atom stereocenters. The molecule has 0 heterocycles. The van der Waals surface area contributed by atoms with E-state index < -0.39 is 24.3 Å². The largest absolute Gasteiger partial charge is 0.477 e. The lowest BCUT2D eigenvalue weighted by atomic mass is 10.0. The lowest BCUT2D eigenvalue weighted by Crippen LogP contribution is -2.40. The lowest BCUT2D eigenvalue weighted by molar-refractivity contribution is -0.870. The molecule has 2 atom stereocenters. The van der Waals surface area contributed by atoms with Gasteiger partial charge < -0.3 is 28.5 Å². The van der Waals surface area contributed by atoms with E-state index in [2.05, 4.69) is 135 Å². The van der Waals surface area contributed by atoms with Crippen LogP contribution in [0.2, 0.25) is 0 Å². The third-order valence-electron chi connectivity index (χ3n) is 19.2. The molecule has 0 spiro atoms. The number of carbonyl (C=O) groups is 3. The highest BCUT2D eigenvalue weighted by Crippen LogP contribution is 2.20. The third-order valence-corrected chi connectivity index (χ3v) is 19.2. The second kappa shape index (κ2) is 83.3. The van der Waals surface area contributed by atoms with Gasteiger partial charge in [0.1, 0.15) is 13.2 Å². The van der Waals surface area contributed by atoms with Crippen LogP contribution in [0.5, 0.6) is 0 Å². The van der Waals surface area contributed by atoms with Crippen molar-refractivity contribution in [2.24, 2.45) is 0 Å². The van der Waals surface area contributed by atoms with Gasteiger partial charge in [-0.15, -0.1) is 0 Å². The Bertz CT molecular complexity index is 2120. The molecule has 9 heteroatoms. The Kier molecular flexibility index (Phi) is 79.8. The highest BCUT2D eigenvalue weighted by molar-refractivity contribution is 5.71. The summed E-state index contributed by atoms with van der Waals surface area (Å²) in [7, 11) is 5.99. The number of likely N-dealkylation sites (N-methyl/N-ethyl adjacent to an activating group) is 1. The molecule has 594 valence electrons. The zero-order valence-electron chi connectivity index (χ0n) is 68.2. The molecule has 0 rings (SSSR count). The van der Waals surface area contributed by atoms with Crippen LogP contribution in [0.1, 0.15) is 399 Å². The van der Waals surface area contributed by atoms with E-state index in [9.17, 15) is 19.5 Å². The molecule has 0 amide bonds. The van der Waals surface area contributed by atoms with E-state index in [-0.39, 0.29) is 32.2 Å². The van der Waals surface area contributed by atoms with Crippen molar-refractivity contribution < 1.29 is 42.9 Å². The van der Waals surface area contributed by atoms with Crippen molar-refractivity contribution >= 4 is 17.9 Å². The first kappa shape index (κ1) is 98.7. The van der Waals surface area contributed by atoms with Gasteiger partial charge in [-0.2, -0.15) is 0 Å². The number of hydrogen-bond donors (Lipinski definition) is 1. The maximum atomic E-state index is 13.0. The number of carbonyl (C=O) groups excluding carboxylic acids is 2. The molecule has 0 bridgehead atoms. The first-order valence-corrected chi connectivity index (χ1v) is 43.7. The number of unbranched alkanes of at least 4 members (excludes halogenated alkanes) is 46. The topological polar surface area (TPSA) is 108 Å². The number of esters is 2. The fraction of sp³-hybridized carbons (Fsp3) is 0.755. The molecule has 1 N–H and O–H groups in total. The highest BCUT2D eigenvalue weighted by atomic mass is 16.7. The molecule has 0 aromatic rings. The summed E-state index contributed by atoms with van der Waals surface area (Å²) in [5.74, 6) is -1.99. The number of rotatable bonds is 81. The van der Waals surface area contributed by atoms with Crippen molar-refractivity contribution in [3.05, 3.63) is 122 Å². The summed E-state index contributed by atoms with van der Waals surface area (Å²) in [4.78, 5) is 37.8. The van der Waals surface area contributed by atoms with Crippen LogP contribution < -0.4 is 0 Å². The zero-order valence-corrected chi connectivity index (χ0v) is 68.2. The number of carboxylic acids is 1. The van der Waals surface area contributed by atoms with Crippen molar-refractivity contribution in [1.82, 2.24) is 0 Å². The maximum absolute atomic E-state index is 13.0. The Morgan fingerprint density at radius 1 is 0.301 bits per heavy atom. The average molecular weight is 1440 g/mol. The summed E-state index contributed by atoms with van der Waals surface area (Å²) < 4.78 is 23.1. The van der Waals surface area contributed by atoms with E-state index in [1.54, 1.807) is 0 Å². The summed E-state index contributed by atoms with van der Waals surface area (Å²) in [5.41, 5.74) is 0. The van der Waals surface area contributed by atoms with Crippen LogP contribution in [-0.2, 0) is 33.3 Å². The van der Waals surface area contributed by atoms with Crippen LogP contribution in [0.4, 0.5) is 0 Å².